The van der Waals surface area contributed by atoms with Crippen LogP contribution in [0.25, 0.3) is 122 Å². The van der Waals surface area contributed by atoms with Crippen molar-refractivity contribution in [2.24, 2.45) is 0 Å². The molecule has 62 heavy (non-hydrogen) atoms. The van der Waals surface area contributed by atoms with E-state index in [2.05, 4.69) is 188 Å². The fraction of sp³-hybridized carbons (Fsp3) is 0. The molecule has 12 rings (SSSR count). The van der Waals surface area contributed by atoms with Crippen molar-refractivity contribution in [1.82, 2.24) is 9.97 Å². The van der Waals surface area contributed by atoms with Crippen LogP contribution in [0.15, 0.2) is 227 Å². The number of para-hydroxylation sites is 2. The van der Waals surface area contributed by atoms with E-state index in [1.54, 1.807) is 0 Å². The largest absolute Gasteiger partial charge is 0.456 e. The van der Waals surface area contributed by atoms with Gasteiger partial charge in [-0.05, 0) is 87.5 Å². The van der Waals surface area contributed by atoms with Crippen LogP contribution in [-0.2, 0) is 0 Å². The summed E-state index contributed by atoms with van der Waals surface area (Å²) in [5.74, 6) is 0.667. The second-order valence-electron chi connectivity index (χ2n) is 15.7. The molecule has 12 aromatic rings. The average molecular weight is 793 g/mol. The summed E-state index contributed by atoms with van der Waals surface area (Å²) in [6.45, 7) is 0. The molecule has 0 radical (unpaired) electrons. The van der Waals surface area contributed by atoms with Gasteiger partial charge in [0.15, 0.2) is 5.82 Å². The van der Waals surface area contributed by atoms with E-state index in [4.69, 9.17) is 18.8 Å². The highest BCUT2D eigenvalue weighted by Gasteiger charge is 2.21. The lowest BCUT2D eigenvalue weighted by Crippen LogP contribution is -1.97. The molecule has 0 aliphatic heterocycles. The van der Waals surface area contributed by atoms with E-state index in [0.717, 1.165) is 116 Å². The Hall–Kier alpha value is -8.34. The third-order valence-corrected chi connectivity index (χ3v) is 11.9. The molecule has 0 fully saturated rings. The zero-order valence-corrected chi connectivity index (χ0v) is 33.5. The maximum Gasteiger partial charge on any atom is 0.160 e. The normalized spacial score (nSPS) is 11.5. The molecule has 0 saturated carbocycles. The molecule has 0 atom stereocenters. The Bertz CT molecular complexity index is 3550. The molecule has 0 bridgehead atoms. The van der Waals surface area contributed by atoms with Crippen LogP contribution < -0.4 is 0 Å². The molecule has 0 saturated heterocycles. The first-order valence-corrected chi connectivity index (χ1v) is 20.9. The number of hydrogen-bond acceptors (Lipinski definition) is 4. The summed E-state index contributed by atoms with van der Waals surface area (Å²) in [4.78, 5) is 10.5. The summed E-state index contributed by atoms with van der Waals surface area (Å²) >= 11 is 0. The van der Waals surface area contributed by atoms with Crippen molar-refractivity contribution < 1.29 is 8.83 Å². The first kappa shape index (κ1) is 35.6. The third-order valence-electron chi connectivity index (χ3n) is 11.9. The van der Waals surface area contributed by atoms with Crippen molar-refractivity contribution >= 4 is 43.9 Å². The van der Waals surface area contributed by atoms with E-state index in [1.807, 2.05) is 30.3 Å². The topological polar surface area (TPSA) is 52.1 Å². The molecule has 3 heterocycles. The van der Waals surface area contributed by atoms with Gasteiger partial charge >= 0.3 is 0 Å². The fourth-order valence-corrected chi connectivity index (χ4v) is 8.93. The van der Waals surface area contributed by atoms with Gasteiger partial charge in [-0.2, -0.15) is 0 Å². The van der Waals surface area contributed by atoms with Crippen LogP contribution in [0.3, 0.4) is 0 Å². The lowest BCUT2D eigenvalue weighted by atomic mass is 9.92. The minimum absolute atomic E-state index is 0.667. The second-order valence-corrected chi connectivity index (χ2v) is 15.7. The van der Waals surface area contributed by atoms with Crippen molar-refractivity contribution in [1.29, 1.82) is 0 Å². The molecule has 290 valence electrons. The zero-order chi connectivity index (χ0) is 41.0. The van der Waals surface area contributed by atoms with E-state index >= 15 is 0 Å². The van der Waals surface area contributed by atoms with Gasteiger partial charge < -0.3 is 8.83 Å². The van der Waals surface area contributed by atoms with Crippen molar-refractivity contribution in [3.05, 3.63) is 218 Å². The Kier molecular flexibility index (Phi) is 8.46. The maximum absolute atomic E-state index is 6.76. The molecule has 4 heteroatoms. The van der Waals surface area contributed by atoms with E-state index in [-0.39, 0.29) is 0 Å². The van der Waals surface area contributed by atoms with Gasteiger partial charge in [-0.1, -0.05) is 170 Å². The summed E-state index contributed by atoms with van der Waals surface area (Å²) in [5.41, 5.74) is 16.9. The number of nitrogens with zero attached hydrogens (tertiary/aromatic N) is 2. The molecule has 0 aliphatic carbocycles. The highest BCUT2D eigenvalue weighted by Crippen LogP contribution is 2.45. The number of aromatic nitrogens is 2. The van der Waals surface area contributed by atoms with E-state index in [0.29, 0.717) is 5.82 Å². The van der Waals surface area contributed by atoms with Gasteiger partial charge in [0.05, 0.1) is 11.4 Å². The van der Waals surface area contributed by atoms with Crippen molar-refractivity contribution in [2.75, 3.05) is 0 Å². The highest BCUT2D eigenvalue weighted by atomic mass is 16.3. The standard InChI is InChI=1S/C58H36N2O2/c1-4-15-37(16-5-1)42-33-43(38-17-6-2-7-18-38)35-44(34-42)58-59-50(40-19-8-3-9-20-40)36-51(60-58)41-29-27-39(28-30-41)45-31-32-47(56-49-22-11-13-25-53(49)62-57(45)56)46-23-14-26-54-55(46)48-21-10-12-24-52(48)61-54/h1-36H. The monoisotopic (exact) mass is 792 g/mol. The van der Waals surface area contributed by atoms with Crippen LogP contribution in [0.2, 0.25) is 0 Å². The fourth-order valence-electron chi connectivity index (χ4n) is 8.93. The number of benzene rings is 9. The zero-order valence-electron chi connectivity index (χ0n) is 33.5. The number of fused-ring (bicyclic) bond motifs is 6. The van der Waals surface area contributed by atoms with Crippen LogP contribution in [0.4, 0.5) is 0 Å². The minimum atomic E-state index is 0.667. The predicted octanol–water partition coefficient (Wildman–Crippen LogP) is 15.9. The number of rotatable bonds is 7. The first-order valence-electron chi connectivity index (χ1n) is 20.9. The third kappa shape index (κ3) is 6.16. The predicted molar refractivity (Wildman–Crippen MR) is 255 cm³/mol. The van der Waals surface area contributed by atoms with Crippen molar-refractivity contribution in [3.63, 3.8) is 0 Å². The summed E-state index contributed by atoms with van der Waals surface area (Å²) < 4.78 is 13.1. The maximum atomic E-state index is 6.76. The van der Waals surface area contributed by atoms with Crippen LogP contribution >= 0.6 is 0 Å². The second kappa shape index (κ2) is 14.7. The van der Waals surface area contributed by atoms with Gasteiger partial charge in [0.25, 0.3) is 0 Å². The molecule has 3 aromatic heterocycles. The highest BCUT2D eigenvalue weighted by molar-refractivity contribution is 6.21. The molecule has 0 unspecified atom stereocenters. The van der Waals surface area contributed by atoms with E-state index < -0.39 is 0 Å². The Balaban J connectivity index is 0.996. The van der Waals surface area contributed by atoms with Crippen LogP contribution in [0.5, 0.6) is 0 Å². The van der Waals surface area contributed by atoms with Crippen LogP contribution in [0.1, 0.15) is 0 Å². The summed E-state index contributed by atoms with van der Waals surface area (Å²) in [7, 11) is 0. The van der Waals surface area contributed by atoms with Gasteiger partial charge in [0.2, 0.25) is 0 Å². The van der Waals surface area contributed by atoms with E-state index in [1.165, 1.54) is 0 Å². The molecule has 9 aromatic carbocycles. The van der Waals surface area contributed by atoms with Crippen molar-refractivity contribution in [3.8, 4) is 78.4 Å². The van der Waals surface area contributed by atoms with Crippen LogP contribution in [0, 0.1) is 0 Å². The molecular formula is C58H36N2O2. The smallest absolute Gasteiger partial charge is 0.160 e. The minimum Gasteiger partial charge on any atom is -0.456 e. The molecule has 0 aliphatic rings. The van der Waals surface area contributed by atoms with E-state index in [9.17, 15) is 0 Å². The Labute approximate surface area is 358 Å². The van der Waals surface area contributed by atoms with Gasteiger partial charge in [0, 0.05) is 43.8 Å². The molecule has 4 nitrogen and oxygen atoms in total. The Morgan fingerprint density at radius 2 is 0.742 bits per heavy atom. The number of hydrogen-bond donors (Lipinski definition) is 0. The van der Waals surface area contributed by atoms with Crippen molar-refractivity contribution in [2.45, 2.75) is 0 Å². The molecule has 0 amide bonds. The van der Waals surface area contributed by atoms with Gasteiger partial charge in [-0.25, -0.2) is 9.97 Å². The lowest BCUT2D eigenvalue weighted by molar-refractivity contribution is 0.668. The first-order chi connectivity index (χ1) is 30.7. The Morgan fingerprint density at radius 3 is 1.39 bits per heavy atom. The van der Waals surface area contributed by atoms with Crippen LogP contribution in [-0.4, -0.2) is 9.97 Å². The molecular weight excluding hydrogens is 757 g/mol. The Morgan fingerprint density at radius 1 is 0.274 bits per heavy atom. The molecule has 0 spiro atoms. The number of furan rings is 2. The van der Waals surface area contributed by atoms with Gasteiger partial charge in [-0.3, -0.25) is 0 Å². The van der Waals surface area contributed by atoms with Gasteiger partial charge in [0.1, 0.15) is 22.3 Å². The lowest BCUT2D eigenvalue weighted by Gasteiger charge is -2.13. The summed E-state index contributed by atoms with van der Waals surface area (Å²) in [5, 5.41) is 4.37. The SMILES string of the molecule is c1ccc(-c2cc(-c3ccccc3)cc(-c3nc(-c4ccccc4)cc(-c4ccc(-c5ccc(-c6cccc7oc8ccccc8c67)c6c5oc5ccccc56)cc4)n3)c2)cc1. The quantitative estimate of drug-likeness (QED) is 0.161. The van der Waals surface area contributed by atoms with Gasteiger partial charge in [-0.15, -0.1) is 0 Å². The summed E-state index contributed by atoms with van der Waals surface area (Å²) in [6, 6.07) is 76.1. The molecule has 0 N–H and O–H groups in total. The summed E-state index contributed by atoms with van der Waals surface area (Å²) in [6.07, 6.45) is 0. The average Bonchev–Trinajstić information content (AvgIpc) is 3.94.